The van der Waals surface area contributed by atoms with Crippen molar-refractivity contribution in [2.75, 3.05) is 0 Å². The molecule has 1 fully saturated rings. The van der Waals surface area contributed by atoms with Crippen LogP contribution in [-0.4, -0.2) is 11.0 Å². The van der Waals surface area contributed by atoms with Gasteiger partial charge in [0.1, 0.15) is 5.52 Å². The van der Waals surface area contributed by atoms with Crippen LogP contribution in [0.25, 0.3) is 11.1 Å². The molecule has 0 saturated heterocycles. The quantitative estimate of drug-likeness (QED) is 0.781. The topological polar surface area (TPSA) is 52.0 Å². The fourth-order valence-electron chi connectivity index (χ4n) is 2.85. The van der Waals surface area contributed by atoms with Gasteiger partial charge in [0.15, 0.2) is 11.5 Å². The molecule has 1 saturated carbocycles. The standard InChI is InChI=1S/C15H20N2O/c1-10-7-8-13-14(9-10)18-15(17-13)11-5-3-2-4-6-12(11)16/h7-9,11-12H,2-6,16H2,1H3. The van der Waals surface area contributed by atoms with E-state index in [0.29, 0.717) is 5.92 Å². The number of aryl methyl sites for hydroxylation is 1. The second-order valence-corrected chi connectivity index (χ2v) is 5.43. The summed E-state index contributed by atoms with van der Waals surface area (Å²) in [5.41, 5.74) is 9.31. The van der Waals surface area contributed by atoms with Gasteiger partial charge in [-0.3, -0.25) is 0 Å². The van der Waals surface area contributed by atoms with Gasteiger partial charge in [0, 0.05) is 6.04 Å². The Morgan fingerprint density at radius 3 is 2.94 bits per heavy atom. The molecule has 0 bridgehead atoms. The van der Waals surface area contributed by atoms with E-state index in [4.69, 9.17) is 10.2 Å². The molecule has 0 aliphatic heterocycles. The Balaban J connectivity index is 1.97. The first kappa shape index (κ1) is 11.7. The molecule has 2 atom stereocenters. The molecule has 2 N–H and O–H groups in total. The van der Waals surface area contributed by atoms with Gasteiger partial charge in [0.2, 0.25) is 0 Å². The number of oxazole rings is 1. The predicted octanol–water partition coefficient (Wildman–Crippen LogP) is 3.51. The Morgan fingerprint density at radius 1 is 1.22 bits per heavy atom. The molecule has 3 rings (SSSR count). The number of rotatable bonds is 1. The first-order valence-corrected chi connectivity index (χ1v) is 6.87. The van der Waals surface area contributed by atoms with Gasteiger partial charge in [-0.1, -0.05) is 25.3 Å². The summed E-state index contributed by atoms with van der Waals surface area (Å²) in [6.45, 7) is 2.07. The Bertz CT molecular complexity index is 546. The molecule has 0 spiro atoms. The van der Waals surface area contributed by atoms with E-state index in [-0.39, 0.29) is 6.04 Å². The summed E-state index contributed by atoms with van der Waals surface area (Å²) in [5, 5.41) is 0. The summed E-state index contributed by atoms with van der Waals surface area (Å²) in [6, 6.07) is 6.34. The van der Waals surface area contributed by atoms with E-state index in [9.17, 15) is 0 Å². The highest BCUT2D eigenvalue weighted by Gasteiger charge is 2.26. The van der Waals surface area contributed by atoms with Crippen molar-refractivity contribution < 1.29 is 4.42 Å². The minimum Gasteiger partial charge on any atom is -0.440 e. The smallest absolute Gasteiger partial charge is 0.200 e. The zero-order chi connectivity index (χ0) is 12.5. The van der Waals surface area contributed by atoms with E-state index in [2.05, 4.69) is 18.0 Å². The van der Waals surface area contributed by atoms with E-state index in [0.717, 1.165) is 29.8 Å². The predicted molar refractivity (Wildman–Crippen MR) is 72.5 cm³/mol. The molecular weight excluding hydrogens is 224 g/mol. The van der Waals surface area contributed by atoms with Gasteiger partial charge >= 0.3 is 0 Å². The second kappa shape index (κ2) is 4.73. The third-order valence-electron chi connectivity index (χ3n) is 3.95. The zero-order valence-electron chi connectivity index (χ0n) is 10.9. The Hall–Kier alpha value is -1.35. The lowest BCUT2D eigenvalue weighted by molar-refractivity contribution is 0.402. The van der Waals surface area contributed by atoms with Crippen LogP contribution < -0.4 is 5.73 Å². The van der Waals surface area contributed by atoms with Crippen molar-refractivity contribution in [3.05, 3.63) is 29.7 Å². The van der Waals surface area contributed by atoms with Gasteiger partial charge in [-0.15, -0.1) is 0 Å². The van der Waals surface area contributed by atoms with Crippen molar-refractivity contribution in [3.8, 4) is 0 Å². The SMILES string of the molecule is Cc1ccc2nc(C3CCCCCC3N)oc2c1. The molecule has 1 heterocycles. The highest BCUT2D eigenvalue weighted by atomic mass is 16.3. The molecule has 3 heteroatoms. The van der Waals surface area contributed by atoms with Crippen molar-refractivity contribution in [2.24, 2.45) is 5.73 Å². The average Bonchev–Trinajstić information content (AvgIpc) is 2.63. The minimum atomic E-state index is 0.196. The second-order valence-electron chi connectivity index (χ2n) is 5.43. The molecule has 1 aliphatic rings. The monoisotopic (exact) mass is 244 g/mol. The Labute approximate surface area is 107 Å². The summed E-state index contributed by atoms with van der Waals surface area (Å²) in [4.78, 5) is 4.62. The van der Waals surface area contributed by atoms with E-state index >= 15 is 0 Å². The first-order valence-electron chi connectivity index (χ1n) is 6.87. The molecule has 1 aromatic carbocycles. The van der Waals surface area contributed by atoms with Crippen molar-refractivity contribution in [3.63, 3.8) is 0 Å². The summed E-state index contributed by atoms with van der Waals surface area (Å²) >= 11 is 0. The summed E-state index contributed by atoms with van der Waals surface area (Å²) in [7, 11) is 0. The van der Waals surface area contributed by atoms with Gasteiger partial charge in [-0.25, -0.2) is 4.98 Å². The van der Waals surface area contributed by atoms with Crippen LogP contribution in [0.5, 0.6) is 0 Å². The Kier molecular flexibility index (Phi) is 3.08. The molecule has 2 aromatic rings. The molecule has 18 heavy (non-hydrogen) atoms. The molecule has 2 unspecified atom stereocenters. The van der Waals surface area contributed by atoms with Crippen LogP contribution in [0.2, 0.25) is 0 Å². The summed E-state index contributed by atoms with van der Waals surface area (Å²) in [6.07, 6.45) is 5.94. The van der Waals surface area contributed by atoms with Crippen LogP contribution >= 0.6 is 0 Å². The number of benzene rings is 1. The fraction of sp³-hybridized carbons (Fsp3) is 0.533. The molecule has 0 amide bonds. The van der Waals surface area contributed by atoms with Gasteiger partial charge < -0.3 is 10.2 Å². The van der Waals surface area contributed by atoms with Crippen molar-refractivity contribution in [2.45, 2.75) is 51.0 Å². The lowest BCUT2D eigenvalue weighted by Crippen LogP contribution is -2.27. The largest absolute Gasteiger partial charge is 0.440 e. The molecular formula is C15H20N2O. The van der Waals surface area contributed by atoms with Crippen molar-refractivity contribution in [1.82, 2.24) is 4.98 Å². The normalized spacial score (nSPS) is 25.2. The van der Waals surface area contributed by atoms with Gasteiger partial charge in [0.05, 0.1) is 5.92 Å². The third-order valence-corrected chi connectivity index (χ3v) is 3.95. The van der Waals surface area contributed by atoms with Crippen LogP contribution in [0.3, 0.4) is 0 Å². The minimum absolute atomic E-state index is 0.196. The van der Waals surface area contributed by atoms with Gasteiger partial charge in [-0.2, -0.15) is 0 Å². The fourth-order valence-corrected chi connectivity index (χ4v) is 2.85. The van der Waals surface area contributed by atoms with Gasteiger partial charge in [0.25, 0.3) is 0 Å². The van der Waals surface area contributed by atoms with Crippen LogP contribution in [0.4, 0.5) is 0 Å². The maximum Gasteiger partial charge on any atom is 0.200 e. The number of nitrogens with zero attached hydrogens (tertiary/aromatic N) is 1. The van der Waals surface area contributed by atoms with Crippen LogP contribution in [0.15, 0.2) is 22.6 Å². The lowest BCUT2D eigenvalue weighted by atomic mass is 9.95. The van der Waals surface area contributed by atoms with Crippen LogP contribution in [0.1, 0.15) is 49.5 Å². The maximum atomic E-state index is 6.26. The highest BCUT2D eigenvalue weighted by Crippen LogP contribution is 2.32. The summed E-state index contributed by atoms with van der Waals surface area (Å²) < 4.78 is 5.92. The lowest BCUT2D eigenvalue weighted by Gasteiger charge is -2.17. The highest BCUT2D eigenvalue weighted by molar-refractivity contribution is 5.73. The first-order chi connectivity index (χ1) is 8.74. The Morgan fingerprint density at radius 2 is 2.06 bits per heavy atom. The molecule has 3 nitrogen and oxygen atoms in total. The number of nitrogens with two attached hydrogens (primary N) is 1. The summed E-state index contributed by atoms with van der Waals surface area (Å²) in [5.74, 6) is 1.13. The van der Waals surface area contributed by atoms with Crippen molar-refractivity contribution in [1.29, 1.82) is 0 Å². The number of aromatic nitrogens is 1. The number of hydrogen-bond acceptors (Lipinski definition) is 3. The van der Waals surface area contributed by atoms with E-state index in [1.165, 1.54) is 24.8 Å². The van der Waals surface area contributed by atoms with Crippen LogP contribution in [0, 0.1) is 6.92 Å². The van der Waals surface area contributed by atoms with E-state index in [1.807, 2.05) is 12.1 Å². The number of fused-ring (bicyclic) bond motifs is 1. The van der Waals surface area contributed by atoms with E-state index < -0.39 is 0 Å². The number of hydrogen-bond donors (Lipinski definition) is 1. The zero-order valence-corrected chi connectivity index (χ0v) is 10.9. The molecule has 96 valence electrons. The maximum absolute atomic E-state index is 6.26. The van der Waals surface area contributed by atoms with Crippen molar-refractivity contribution >= 4 is 11.1 Å². The average molecular weight is 244 g/mol. The van der Waals surface area contributed by atoms with E-state index in [1.54, 1.807) is 0 Å². The molecule has 1 aromatic heterocycles. The van der Waals surface area contributed by atoms with Gasteiger partial charge in [-0.05, 0) is 37.5 Å². The molecule has 1 aliphatic carbocycles. The molecule has 0 radical (unpaired) electrons. The third kappa shape index (κ3) is 2.15. The van der Waals surface area contributed by atoms with Crippen LogP contribution in [-0.2, 0) is 0 Å².